The van der Waals surface area contributed by atoms with Crippen LogP contribution in [0, 0.1) is 11.8 Å². The molecule has 1 heterocycles. The van der Waals surface area contributed by atoms with E-state index in [1.165, 1.54) is 56.7 Å². The predicted octanol–water partition coefficient (Wildman–Crippen LogP) is -4.01. The molecule has 0 aromatic heterocycles. The molecule has 83 heavy (non-hydrogen) atoms. The summed E-state index contributed by atoms with van der Waals surface area (Å²) in [4.78, 5) is 140. The van der Waals surface area contributed by atoms with E-state index in [1.54, 1.807) is 55.0 Å². The van der Waals surface area contributed by atoms with Crippen LogP contribution in [0.1, 0.15) is 110 Å². The number of rotatable bonds is 26. The van der Waals surface area contributed by atoms with Crippen molar-refractivity contribution in [3.8, 4) is 0 Å². The molecular weight excluding hydrogens is 1110 g/mol. The molecule has 1 saturated carbocycles. The van der Waals surface area contributed by atoms with Gasteiger partial charge in [-0.2, -0.15) is 0 Å². The van der Waals surface area contributed by atoms with E-state index in [0.29, 0.717) is 11.5 Å². The Morgan fingerprint density at radius 3 is 1.67 bits per heavy atom. The van der Waals surface area contributed by atoms with Gasteiger partial charge in [-0.05, 0) is 102 Å². The Kier molecular flexibility index (Phi) is 33.1. The van der Waals surface area contributed by atoms with Crippen LogP contribution in [0.25, 0.3) is 0 Å². The Balaban J connectivity index is 2.01. The maximum Gasteiger partial charge on any atom is 0.245 e. The summed E-state index contributed by atoms with van der Waals surface area (Å²) in [5, 5.41) is 47.1. The fourth-order valence-corrected chi connectivity index (χ4v) is 11.7. The zero-order valence-electron chi connectivity index (χ0n) is 48.3. The molecule has 10 amide bonds. The third-order valence-electron chi connectivity index (χ3n) is 14.1. The van der Waals surface area contributed by atoms with Crippen molar-refractivity contribution in [2.75, 3.05) is 44.2 Å². The summed E-state index contributed by atoms with van der Waals surface area (Å²) < 4.78 is 0. The van der Waals surface area contributed by atoms with Crippen LogP contribution in [0.5, 0.6) is 0 Å². The lowest BCUT2D eigenvalue weighted by molar-refractivity contribution is -0.136. The van der Waals surface area contributed by atoms with E-state index >= 15 is 0 Å². The quantitative estimate of drug-likeness (QED) is 0.0310. The highest BCUT2D eigenvalue weighted by Crippen LogP contribution is 2.30. The fraction of sp³-hybridized carbons (Fsp3) is 0.704. The van der Waals surface area contributed by atoms with E-state index in [9.17, 15) is 58.2 Å². The van der Waals surface area contributed by atoms with Crippen LogP contribution in [0.3, 0.4) is 0 Å². The first-order valence-corrected chi connectivity index (χ1v) is 31.2. The van der Waals surface area contributed by atoms with Gasteiger partial charge in [0.2, 0.25) is 59.1 Å². The smallest absolute Gasteiger partial charge is 0.245 e. The van der Waals surface area contributed by atoms with E-state index in [2.05, 4.69) is 53.2 Å². The molecule has 2 fully saturated rings. The summed E-state index contributed by atoms with van der Waals surface area (Å²) in [5.74, 6) is -7.36. The number of carbonyl (C=O) groups is 10. The number of hydrogen-bond donors (Lipinski definition) is 17. The van der Waals surface area contributed by atoms with Crippen molar-refractivity contribution >= 4 is 80.7 Å². The first kappa shape index (κ1) is 71.6. The minimum Gasteiger partial charge on any atom is -0.391 e. The molecule has 27 nitrogen and oxygen atoms in total. The molecule has 22 N–H and O–H groups in total. The van der Waals surface area contributed by atoms with Crippen molar-refractivity contribution in [2.24, 2.45) is 40.5 Å². The van der Waals surface area contributed by atoms with E-state index in [4.69, 9.17) is 28.7 Å². The molecule has 1 aliphatic carbocycles. The van der Waals surface area contributed by atoms with E-state index < -0.39 is 145 Å². The zero-order chi connectivity index (χ0) is 61.6. The molecule has 0 bridgehead atoms. The van der Waals surface area contributed by atoms with Gasteiger partial charge in [-0.3, -0.25) is 47.9 Å². The molecule has 2 aliphatic rings. The average Bonchev–Trinajstić information content (AvgIpc) is 3.62. The number of carbonyl (C=O) groups excluding carboxylic acids is 10. The van der Waals surface area contributed by atoms with E-state index in [0.717, 1.165) is 12.2 Å². The molecule has 0 radical (unpaired) electrons. The van der Waals surface area contributed by atoms with Crippen LogP contribution < -0.4 is 81.8 Å². The summed E-state index contributed by atoms with van der Waals surface area (Å²) in [5.41, 5.74) is 30.4. The number of amides is 10. The molecule has 0 unspecified atom stereocenters. The van der Waals surface area contributed by atoms with Gasteiger partial charge in [0, 0.05) is 24.5 Å². The molecule has 12 atom stereocenters. The van der Waals surface area contributed by atoms with Gasteiger partial charge in [0.05, 0.1) is 18.2 Å². The second kappa shape index (κ2) is 38.3. The SMILES string of the molecule is CC(C)C[C@@H]1NC(=O)[C@@H](Cc2ccccc2)NC(=O)[C@H](CCN)NC(=O)[C@@H](NC(=O)[C@H](CCN)NC(=O)[C@@H](NC(=O)[C@@H](N)CSSCCC2CCCCC2)[C@@H](C)O)CCNC(=O)[C@H]([C@@H](C)O)NC(=O)[C@H](CCN)NC(=O)[C@H](CCN)NC1=O. The lowest BCUT2D eigenvalue weighted by Crippen LogP contribution is -2.62. The summed E-state index contributed by atoms with van der Waals surface area (Å²) in [6.07, 6.45) is 3.02. The number of aliphatic hydroxyl groups excluding tert-OH is 2. The number of aliphatic hydroxyl groups is 2. The molecule has 1 saturated heterocycles. The average molecular weight is 1210 g/mol. The second-order valence-corrected chi connectivity index (χ2v) is 24.2. The van der Waals surface area contributed by atoms with Gasteiger partial charge in [0.1, 0.15) is 54.4 Å². The summed E-state index contributed by atoms with van der Waals surface area (Å²) in [7, 11) is 3.03. The predicted molar refractivity (Wildman–Crippen MR) is 317 cm³/mol. The van der Waals surface area contributed by atoms with Gasteiger partial charge in [-0.25, -0.2) is 0 Å². The van der Waals surface area contributed by atoms with Crippen molar-refractivity contribution in [2.45, 2.75) is 184 Å². The minimum atomic E-state index is -1.67. The molecule has 0 spiro atoms. The Hall–Kier alpha value is -5.66. The minimum absolute atomic E-state index is 0.0572. The van der Waals surface area contributed by atoms with Crippen molar-refractivity contribution in [1.82, 2.24) is 53.2 Å². The Morgan fingerprint density at radius 2 is 1.13 bits per heavy atom. The van der Waals surface area contributed by atoms with Crippen molar-refractivity contribution < 1.29 is 58.2 Å². The summed E-state index contributed by atoms with van der Waals surface area (Å²) >= 11 is 0. The van der Waals surface area contributed by atoms with E-state index in [-0.39, 0.29) is 76.4 Å². The second-order valence-electron chi connectivity index (χ2n) is 21.6. The lowest BCUT2D eigenvalue weighted by atomic mass is 9.88. The van der Waals surface area contributed by atoms with Crippen LogP contribution in [0.4, 0.5) is 0 Å². The van der Waals surface area contributed by atoms with Crippen LogP contribution >= 0.6 is 21.6 Å². The molecule has 468 valence electrons. The first-order valence-electron chi connectivity index (χ1n) is 28.7. The molecule has 1 aliphatic heterocycles. The zero-order valence-corrected chi connectivity index (χ0v) is 49.9. The van der Waals surface area contributed by atoms with Crippen molar-refractivity contribution in [1.29, 1.82) is 0 Å². The highest BCUT2D eigenvalue weighted by Gasteiger charge is 2.37. The van der Waals surface area contributed by atoms with Crippen molar-refractivity contribution in [3.05, 3.63) is 35.9 Å². The Labute approximate surface area is 494 Å². The molecule has 29 heteroatoms. The highest BCUT2D eigenvalue weighted by molar-refractivity contribution is 8.76. The number of nitrogens with one attached hydrogen (secondary N) is 10. The highest BCUT2D eigenvalue weighted by atomic mass is 33.1. The van der Waals surface area contributed by atoms with Crippen molar-refractivity contribution in [3.63, 3.8) is 0 Å². The molecule has 1 aromatic carbocycles. The summed E-state index contributed by atoms with van der Waals surface area (Å²) in [6.45, 7) is 5.02. The normalized spacial score (nSPS) is 24.2. The largest absolute Gasteiger partial charge is 0.391 e. The number of hydrogen-bond acceptors (Lipinski definition) is 19. The Bertz CT molecular complexity index is 2250. The van der Waals surface area contributed by atoms with Crippen LogP contribution in [0.15, 0.2) is 30.3 Å². The topological polar surface area (TPSA) is 462 Å². The third kappa shape index (κ3) is 25.6. The monoisotopic (exact) mass is 1210 g/mol. The fourth-order valence-electron chi connectivity index (χ4n) is 9.39. The maximum absolute atomic E-state index is 14.5. The van der Waals surface area contributed by atoms with Gasteiger partial charge in [0.25, 0.3) is 0 Å². The van der Waals surface area contributed by atoms with Crippen LogP contribution in [0.2, 0.25) is 0 Å². The summed E-state index contributed by atoms with van der Waals surface area (Å²) in [6, 6.07) is -5.74. The van der Waals surface area contributed by atoms with Crippen LogP contribution in [-0.2, 0) is 54.4 Å². The van der Waals surface area contributed by atoms with Gasteiger partial charge in [-0.1, -0.05) is 97.9 Å². The van der Waals surface area contributed by atoms with Gasteiger partial charge >= 0.3 is 0 Å². The number of benzene rings is 1. The van der Waals surface area contributed by atoms with Gasteiger partial charge in [-0.15, -0.1) is 0 Å². The maximum atomic E-state index is 14.5. The van der Waals surface area contributed by atoms with E-state index in [1.807, 2.05) is 0 Å². The first-order chi connectivity index (χ1) is 39.5. The molecular formula is C54H93N15O12S2. The third-order valence-corrected chi connectivity index (χ3v) is 16.6. The Morgan fingerprint density at radius 1 is 0.602 bits per heavy atom. The van der Waals surface area contributed by atoms with Crippen LogP contribution in [-0.4, -0.2) is 186 Å². The van der Waals surface area contributed by atoms with Gasteiger partial charge < -0.3 is 92.0 Å². The lowest BCUT2D eigenvalue weighted by Gasteiger charge is -2.28. The standard InChI is InChI=1S/C54H93N15O12S2/c1-30(2)27-41-51(78)63-36(15-21-55)46(73)62-39(18-24-58)50(77)69-43(31(3)70)53(80)60-25-19-40(49(76)61-37(16-22-56)48(75)67-42(52(79)66-41)28-34-13-9-6-10-14-34)64-47(74)38(17-23-57)65-54(81)44(32(4)71)68-45(72)35(59)29-83-82-26-20-33-11-7-5-8-12-33/h6,9-10,13-14,30-33,35-44,70-71H,5,7-8,11-12,15-29,55-59H2,1-4H3,(H,60,80)(H,61,76)(H,62,73)(H,63,78)(H,64,74)(H,65,81)(H,66,79)(H,67,75)(H,68,72)(H,69,77)/t31-,32-,35+,36+,37+,38+,39+,40+,41+,42-,43+,44+/m1/s1. The molecule has 1 aromatic rings. The number of nitrogens with two attached hydrogens (primary N) is 5. The van der Waals surface area contributed by atoms with Gasteiger partial charge in [0.15, 0.2) is 0 Å². The molecule has 3 rings (SSSR count).